The Morgan fingerprint density at radius 2 is 1.08 bits per heavy atom. The first-order valence-corrected chi connectivity index (χ1v) is 12.4. The third-order valence-electron chi connectivity index (χ3n) is 6.05. The van der Waals surface area contributed by atoms with Crippen molar-refractivity contribution in [2.45, 2.75) is 31.5 Å². The van der Waals surface area contributed by atoms with Crippen LogP contribution in [-0.2, 0) is 47.6 Å². The van der Waals surface area contributed by atoms with E-state index in [4.69, 9.17) is 18.9 Å². The second kappa shape index (κ2) is 16.8. The number of nitrogens with zero attached hydrogens (tertiary/aromatic N) is 2. The van der Waals surface area contributed by atoms with Crippen molar-refractivity contribution in [2.24, 2.45) is 0 Å². The van der Waals surface area contributed by atoms with Crippen molar-refractivity contribution in [3.05, 3.63) is 24.3 Å². The highest BCUT2D eigenvalue weighted by Crippen LogP contribution is 2.30. The van der Waals surface area contributed by atoms with Gasteiger partial charge in [-0.25, -0.2) is 19.2 Å². The molecule has 3 fully saturated rings. The highest BCUT2D eigenvalue weighted by atomic mass is 16.7. The van der Waals surface area contributed by atoms with Crippen molar-refractivity contribution >= 4 is 23.9 Å². The molecule has 0 aromatic heterocycles. The summed E-state index contributed by atoms with van der Waals surface area (Å²) in [4.78, 5) is 48.4. The molecule has 12 heteroatoms. The fraction of sp³-hybridized carbons (Fsp3) is 0.680. The molecule has 208 valence electrons. The van der Waals surface area contributed by atoms with Gasteiger partial charge in [-0.05, 0) is 25.9 Å². The van der Waals surface area contributed by atoms with Crippen molar-refractivity contribution in [2.75, 3.05) is 79.9 Å². The van der Waals surface area contributed by atoms with E-state index in [1.807, 2.05) is 0 Å². The highest BCUT2D eigenvalue weighted by Gasteiger charge is 2.39. The predicted molar refractivity (Wildman–Crippen MR) is 130 cm³/mol. The maximum Gasteiger partial charge on any atom is 0.331 e. The molecule has 1 spiro atoms. The van der Waals surface area contributed by atoms with Gasteiger partial charge in [0, 0.05) is 63.3 Å². The lowest BCUT2D eigenvalue weighted by atomic mass is 10.0. The van der Waals surface area contributed by atoms with Crippen molar-refractivity contribution in [3.8, 4) is 0 Å². The van der Waals surface area contributed by atoms with E-state index in [1.54, 1.807) is 0 Å². The molecule has 0 bridgehead atoms. The average Bonchev–Trinajstić information content (AvgIpc) is 3.60. The summed E-state index contributed by atoms with van der Waals surface area (Å²) in [6.07, 6.45) is 8.35. The molecule has 3 rings (SSSR count). The minimum atomic E-state index is -0.579. The van der Waals surface area contributed by atoms with Crippen LogP contribution < -0.4 is 0 Å². The van der Waals surface area contributed by atoms with Crippen molar-refractivity contribution in [3.63, 3.8) is 0 Å². The predicted octanol–water partition coefficient (Wildman–Crippen LogP) is 0.452. The summed E-state index contributed by atoms with van der Waals surface area (Å²) in [5, 5.41) is 0. The van der Waals surface area contributed by atoms with Crippen LogP contribution in [0.4, 0.5) is 0 Å². The number of methoxy groups -OCH3 is 2. The van der Waals surface area contributed by atoms with E-state index in [0.717, 1.165) is 69.9 Å². The van der Waals surface area contributed by atoms with E-state index in [1.165, 1.54) is 27.1 Å². The van der Waals surface area contributed by atoms with E-state index < -0.39 is 23.9 Å². The minimum Gasteiger partial charge on any atom is -0.466 e. The first-order chi connectivity index (χ1) is 17.9. The van der Waals surface area contributed by atoms with Gasteiger partial charge in [0.15, 0.2) is 5.79 Å². The summed E-state index contributed by atoms with van der Waals surface area (Å²) < 4.78 is 30.0. The van der Waals surface area contributed by atoms with Crippen LogP contribution in [0.1, 0.15) is 25.7 Å². The van der Waals surface area contributed by atoms with Crippen molar-refractivity contribution in [1.29, 1.82) is 0 Å². The molecule has 3 heterocycles. The fourth-order valence-corrected chi connectivity index (χ4v) is 3.96. The van der Waals surface area contributed by atoms with Crippen LogP contribution in [0.2, 0.25) is 0 Å². The van der Waals surface area contributed by atoms with Crippen molar-refractivity contribution in [1.82, 2.24) is 9.80 Å². The SMILES string of the molecule is COC(=O)/C=C/C(=O)OCCN1CCC2(CC1)OCCO2.COC(=O)/C=C/C(=O)OCCN1CCCC1. The van der Waals surface area contributed by atoms with Gasteiger partial charge in [-0.3, -0.25) is 9.80 Å². The van der Waals surface area contributed by atoms with Crippen LogP contribution >= 0.6 is 0 Å². The molecule has 3 saturated heterocycles. The summed E-state index contributed by atoms with van der Waals surface area (Å²) in [6.45, 7) is 7.29. The molecular formula is C25H38N2O10. The molecule has 37 heavy (non-hydrogen) atoms. The lowest BCUT2D eigenvalue weighted by Crippen LogP contribution is -2.46. The van der Waals surface area contributed by atoms with Gasteiger partial charge in [0.05, 0.1) is 27.4 Å². The topological polar surface area (TPSA) is 130 Å². The van der Waals surface area contributed by atoms with Crippen LogP contribution in [0.25, 0.3) is 0 Å². The maximum absolute atomic E-state index is 11.3. The number of hydrogen-bond donors (Lipinski definition) is 0. The van der Waals surface area contributed by atoms with Gasteiger partial charge in [0.25, 0.3) is 0 Å². The van der Waals surface area contributed by atoms with Gasteiger partial charge in [-0.15, -0.1) is 0 Å². The molecular weight excluding hydrogens is 488 g/mol. The number of likely N-dealkylation sites (tertiary alicyclic amines) is 2. The molecule has 0 atom stereocenters. The zero-order valence-electron chi connectivity index (χ0n) is 21.7. The van der Waals surface area contributed by atoms with Crippen LogP contribution in [0.15, 0.2) is 24.3 Å². The number of rotatable bonds is 10. The standard InChI is InChI=1S/C14H21NO6.C11H17NO4/c1-18-12(16)2-3-13(17)19-9-8-15-6-4-14(5-7-15)20-10-11-21-14;1-15-10(13)4-5-11(14)16-9-8-12-6-2-3-7-12/h2-3H,4-11H2,1H3;4-5H,2-3,6-9H2,1H3/b3-2+;5-4+. The molecule has 0 unspecified atom stereocenters. The number of carbonyl (C=O) groups is 4. The molecule has 3 aliphatic heterocycles. The van der Waals surface area contributed by atoms with Gasteiger partial charge < -0.3 is 28.4 Å². The van der Waals surface area contributed by atoms with Crippen LogP contribution in [0.3, 0.4) is 0 Å². The first-order valence-electron chi connectivity index (χ1n) is 12.4. The van der Waals surface area contributed by atoms with Gasteiger partial charge in [-0.2, -0.15) is 0 Å². The molecule has 0 aromatic carbocycles. The Morgan fingerprint density at radius 1 is 0.676 bits per heavy atom. The smallest absolute Gasteiger partial charge is 0.331 e. The monoisotopic (exact) mass is 526 g/mol. The fourth-order valence-electron chi connectivity index (χ4n) is 3.96. The number of esters is 4. The average molecular weight is 527 g/mol. The third-order valence-corrected chi connectivity index (χ3v) is 6.05. The summed E-state index contributed by atoms with van der Waals surface area (Å²) in [6, 6.07) is 0. The van der Waals surface area contributed by atoms with E-state index in [2.05, 4.69) is 19.3 Å². The van der Waals surface area contributed by atoms with Crippen LogP contribution in [-0.4, -0.2) is 119 Å². The number of ether oxygens (including phenoxy) is 6. The summed E-state index contributed by atoms with van der Waals surface area (Å²) >= 11 is 0. The Morgan fingerprint density at radius 3 is 1.51 bits per heavy atom. The van der Waals surface area contributed by atoms with E-state index in [9.17, 15) is 19.2 Å². The second-order valence-corrected chi connectivity index (χ2v) is 8.55. The van der Waals surface area contributed by atoms with Gasteiger partial charge in [0.1, 0.15) is 13.2 Å². The zero-order chi connectivity index (χ0) is 26.9. The Balaban J connectivity index is 0.000000271. The first kappa shape index (κ1) is 30.4. The largest absolute Gasteiger partial charge is 0.466 e. The highest BCUT2D eigenvalue weighted by molar-refractivity contribution is 5.92. The van der Waals surface area contributed by atoms with Gasteiger partial charge in [0.2, 0.25) is 0 Å². The number of hydrogen-bond acceptors (Lipinski definition) is 12. The lowest BCUT2D eigenvalue weighted by molar-refractivity contribution is -0.186. The Kier molecular flexibility index (Phi) is 13.9. The zero-order valence-corrected chi connectivity index (χ0v) is 21.7. The summed E-state index contributed by atoms with van der Waals surface area (Å²) in [5.41, 5.74) is 0. The molecule has 0 N–H and O–H groups in total. The molecule has 0 amide bonds. The van der Waals surface area contributed by atoms with Gasteiger partial charge >= 0.3 is 23.9 Å². The number of piperidine rings is 1. The molecule has 0 aliphatic carbocycles. The van der Waals surface area contributed by atoms with Crippen LogP contribution in [0.5, 0.6) is 0 Å². The summed E-state index contributed by atoms with van der Waals surface area (Å²) in [7, 11) is 2.50. The lowest BCUT2D eigenvalue weighted by Gasteiger charge is -2.37. The molecule has 0 aromatic rings. The quantitative estimate of drug-likeness (QED) is 0.223. The minimum absolute atomic E-state index is 0.291. The molecule has 0 saturated carbocycles. The van der Waals surface area contributed by atoms with Gasteiger partial charge in [-0.1, -0.05) is 0 Å². The van der Waals surface area contributed by atoms with Crippen molar-refractivity contribution < 1.29 is 47.6 Å². The van der Waals surface area contributed by atoms with E-state index in [-0.39, 0.29) is 5.79 Å². The van der Waals surface area contributed by atoms with E-state index in [0.29, 0.717) is 33.0 Å². The second-order valence-electron chi connectivity index (χ2n) is 8.55. The van der Waals surface area contributed by atoms with Crippen LogP contribution in [0, 0.1) is 0 Å². The normalized spacial score (nSPS) is 19.5. The number of carbonyl (C=O) groups excluding carboxylic acids is 4. The Labute approximate surface area is 217 Å². The molecule has 0 radical (unpaired) electrons. The molecule has 3 aliphatic rings. The van der Waals surface area contributed by atoms with E-state index >= 15 is 0 Å². The maximum atomic E-state index is 11.3. The summed E-state index contributed by atoms with van der Waals surface area (Å²) in [5.74, 6) is -2.57. The Hall–Kier alpha value is -2.80. The third kappa shape index (κ3) is 12.3. The Bertz CT molecular complexity index is 791. The molecule has 12 nitrogen and oxygen atoms in total.